The smallest absolute Gasteiger partial charge is 0.317 e. The van der Waals surface area contributed by atoms with E-state index in [0.29, 0.717) is 5.56 Å². The molecule has 0 aliphatic rings. The van der Waals surface area contributed by atoms with Gasteiger partial charge in [0.05, 0.1) is 6.04 Å². The highest BCUT2D eigenvalue weighted by Gasteiger charge is 2.11. The van der Waals surface area contributed by atoms with Gasteiger partial charge in [-0.25, -0.2) is 9.18 Å². The molecular formula is C12H17FN2O. The van der Waals surface area contributed by atoms with Gasteiger partial charge in [0.2, 0.25) is 0 Å². The van der Waals surface area contributed by atoms with Crippen LogP contribution in [-0.2, 0) is 0 Å². The number of amides is 2. The Kier molecular flexibility index (Phi) is 3.88. The molecule has 1 aromatic rings. The Labute approximate surface area is 95.3 Å². The fourth-order valence-corrected chi connectivity index (χ4v) is 1.28. The van der Waals surface area contributed by atoms with E-state index >= 15 is 0 Å². The highest BCUT2D eigenvalue weighted by atomic mass is 19.1. The van der Waals surface area contributed by atoms with Crippen molar-refractivity contribution in [3.05, 3.63) is 35.1 Å². The molecule has 0 fully saturated rings. The van der Waals surface area contributed by atoms with Gasteiger partial charge in [0, 0.05) is 14.1 Å². The molecule has 16 heavy (non-hydrogen) atoms. The van der Waals surface area contributed by atoms with Crippen LogP contribution in [0.2, 0.25) is 0 Å². The van der Waals surface area contributed by atoms with Gasteiger partial charge in [0.25, 0.3) is 0 Å². The minimum Gasteiger partial charge on any atom is -0.331 e. The average molecular weight is 224 g/mol. The number of halogens is 1. The van der Waals surface area contributed by atoms with E-state index in [1.54, 1.807) is 27.1 Å². The Bertz CT molecular complexity index is 391. The van der Waals surface area contributed by atoms with E-state index in [1.165, 1.54) is 11.0 Å². The van der Waals surface area contributed by atoms with Crippen LogP contribution >= 0.6 is 0 Å². The van der Waals surface area contributed by atoms with Gasteiger partial charge in [-0.1, -0.05) is 12.1 Å². The van der Waals surface area contributed by atoms with Gasteiger partial charge < -0.3 is 10.2 Å². The van der Waals surface area contributed by atoms with Crippen molar-refractivity contribution in [2.45, 2.75) is 19.9 Å². The van der Waals surface area contributed by atoms with Crippen LogP contribution in [0.1, 0.15) is 24.1 Å². The van der Waals surface area contributed by atoms with Crippen LogP contribution in [0.15, 0.2) is 18.2 Å². The molecule has 1 rings (SSSR count). The standard InChI is InChI=1S/C12H17FN2O/c1-8-5-6-10(7-11(8)13)9(2)14-12(16)15(3)4/h5-7,9H,1-4H3,(H,14,16). The third-order valence-corrected chi connectivity index (χ3v) is 2.44. The molecule has 0 aliphatic carbocycles. The Hall–Kier alpha value is -1.58. The first-order valence-corrected chi connectivity index (χ1v) is 5.15. The third-order valence-electron chi connectivity index (χ3n) is 2.44. The van der Waals surface area contributed by atoms with E-state index in [0.717, 1.165) is 5.56 Å². The maximum atomic E-state index is 13.3. The summed E-state index contributed by atoms with van der Waals surface area (Å²) in [4.78, 5) is 12.8. The number of carbonyl (C=O) groups excluding carboxylic acids is 1. The molecule has 0 aliphatic heterocycles. The number of nitrogens with zero attached hydrogens (tertiary/aromatic N) is 1. The predicted octanol–water partition coefficient (Wildman–Crippen LogP) is 2.47. The zero-order chi connectivity index (χ0) is 12.3. The lowest BCUT2D eigenvalue weighted by Crippen LogP contribution is -2.36. The van der Waals surface area contributed by atoms with Crippen molar-refractivity contribution in [1.82, 2.24) is 10.2 Å². The summed E-state index contributed by atoms with van der Waals surface area (Å²) in [7, 11) is 3.33. The summed E-state index contributed by atoms with van der Waals surface area (Å²) in [6.45, 7) is 3.54. The van der Waals surface area contributed by atoms with E-state index in [2.05, 4.69) is 5.32 Å². The molecule has 0 saturated carbocycles. The number of nitrogens with one attached hydrogen (secondary N) is 1. The summed E-state index contributed by atoms with van der Waals surface area (Å²) in [6, 6.07) is 4.59. The second kappa shape index (κ2) is 4.96. The first-order valence-electron chi connectivity index (χ1n) is 5.15. The van der Waals surface area contributed by atoms with E-state index in [4.69, 9.17) is 0 Å². The molecule has 0 spiro atoms. The van der Waals surface area contributed by atoms with Crippen molar-refractivity contribution in [2.75, 3.05) is 14.1 Å². The number of urea groups is 1. The maximum absolute atomic E-state index is 13.3. The average Bonchev–Trinajstić information content (AvgIpc) is 2.21. The van der Waals surface area contributed by atoms with Crippen LogP contribution in [0.4, 0.5) is 9.18 Å². The first-order chi connectivity index (χ1) is 7.41. The SMILES string of the molecule is Cc1ccc(C(C)NC(=O)N(C)C)cc1F. The predicted molar refractivity (Wildman–Crippen MR) is 61.8 cm³/mol. The maximum Gasteiger partial charge on any atom is 0.317 e. The number of hydrogen-bond acceptors (Lipinski definition) is 1. The molecule has 1 atom stereocenters. The van der Waals surface area contributed by atoms with E-state index in [9.17, 15) is 9.18 Å². The zero-order valence-electron chi connectivity index (χ0n) is 10.0. The van der Waals surface area contributed by atoms with E-state index in [1.807, 2.05) is 13.0 Å². The number of hydrogen-bond donors (Lipinski definition) is 1. The van der Waals surface area contributed by atoms with Gasteiger partial charge >= 0.3 is 6.03 Å². The fourth-order valence-electron chi connectivity index (χ4n) is 1.28. The lowest BCUT2D eigenvalue weighted by Gasteiger charge is -2.18. The molecule has 2 amide bonds. The molecule has 1 N–H and O–H groups in total. The number of carbonyl (C=O) groups is 1. The zero-order valence-corrected chi connectivity index (χ0v) is 10.0. The van der Waals surface area contributed by atoms with Gasteiger partial charge in [0.15, 0.2) is 0 Å². The number of rotatable bonds is 2. The quantitative estimate of drug-likeness (QED) is 0.822. The molecule has 0 saturated heterocycles. The molecule has 0 aromatic heterocycles. The van der Waals surface area contributed by atoms with Crippen molar-refractivity contribution >= 4 is 6.03 Å². The molecule has 0 radical (unpaired) electrons. The van der Waals surface area contributed by atoms with Crippen LogP contribution in [0.5, 0.6) is 0 Å². The molecule has 1 unspecified atom stereocenters. The molecule has 3 nitrogen and oxygen atoms in total. The topological polar surface area (TPSA) is 32.3 Å². The van der Waals surface area contributed by atoms with Crippen molar-refractivity contribution in [3.8, 4) is 0 Å². The third kappa shape index (κ3) is 2.95. The second-order valence-corrected chi connectivity index (χ2v) is 4.07. The van der Waals surface area contributed by atoms with Gasteiger partial charge in [-0.15, -0.1) is 0 Å². The summed E-state index contributed by atoms with van der Waals surface area (Å²) in [5.41, 5.74) is 1.37. The minimum absolute atomic E-state index is 0.187. The molecule has 4 heteroatoms. The molecule has 0 bridgehead atoms. The summed E-state index contributed by atoms with van der Waals surface area (Å²) >= 11 is 0. The highest BCUT2D eigenvalue weighted by molar-refractivity contribution is 5.74. The van der Waals surface area contributed by atoms with Crippen LogP contribution < -0.4 is 5.32 Å². The second-order valence-electron chi connectivity index (χ2n) is 4.07. The molecular weight excluding hydrogens is 207 g/mol. The van der Waals surface area contributed by atoms with E-state index in [-0.39, 0.29) is 17.9 Å². The first kappa shape index (κ1) is 12.5. The Morgan fingerprint density at radius 1 is 1.44 bits per heavy atom. The van der Waals surface area contributed by atoms with Crippen LogP contribution in [0.25, 0.3) is 0 Å². The summed E-state index contributed by atoms with van der Waals surface area (Å²) in [5.74, 6) is -0.247. The van der Waals surface area contributed by atoms with Crippen LogP contribution in [0.3, 0.4) is 0 Å². The lowest BCUT2D eigenvalue weighted by molar-refractivity contribution is 0.214. The van der Waals surface area contributed by atoms with Crippen LogP contribution in [-0.4, -0.2) is 25.0 Å². The van der Waals surface area contributed by atoms with Crippen molar-refractivity contribution in [2.24, 2.45) is 0 Å². The van der Waals surface area contributed by atoms with Crippen LogP contribution in [0, 0.1) is 12.7 Å². The summed E-state index contributed by atoms with van der Waals surface area (Å²) in [6.07, 6.45) is 0. The van der Waals surface area contributed by atoms with Crippen molar-refractivity contribution < 1.29 is 9.18 Å². The minimum atomic E-state index is -0.247. The number of benzene rings is 1. The normalized spacial score (nSPS) is 12.1. The lowest BCUT2D eigenvalue weighted by atomic mass is 10.1. The molecule has 1 aromatic carbocycles. The Balaban J connectivity index is 2.77. The van der Waals surface area contributed by atoms with Gasteiger partial charge in [-0.2, -0.15) is 0 Å². The highest BCUT2D eigenvalue weighted by Crippen LogP contribution is 2.16. The fraction of sp³-hybridized carbons (Fsp3) is 0.417. The van der Waals surface area contributed by atoms with Gasteiger partial charge in [0.1, 0.15) is 5.82 Å². The van der Waals surface area contributed by atoms with Crippen molar-refractivity contribution in [3.63, 3.8) is 0 Å². The number of aryl methyl sites for hydroxylation is 1. The monoisotopic (exact) mass is 224 g/mol. The summed E-state index contributed by atoms with van der Waals surface area (Å²) in [5, 5.41) is 2.76. The molecule has 0 heterocycles. The summed E-state index contributed by atoms with van der Waals surface area (Å²) < 4.78 is 13.3. The van der Waals surface area contributed by atoms with Crippen molar-refractivity contribution in [1.29, 1.82) is 0 Å². The largest absolute Gasteiger partial charge is 0.331 e. The van der Waals surface area contributed by atoms with E-state index < -0.39 is 0 Å². The molecule has 88 valence electrons. The van der Waals surface area contributed by atoms with Gasteiger partial charge in [-0.3, -0.25) is 0 Å². The van der Waals surface area contributed by atoms with Gasteiger partial charge in [-0.05, 0) is 31.0 Å². The Morgan fingerprint density at radius 2 is 2.06 bits per heavy atom. The Morgan fingerprint density at radius 3 is 2.56 bits per heavy atom.